The van der Waals surface area contributed by atoms with E-state index >= 15 is 0 Å². The van der Waals surface area contributed by atoms with Gasteiger partial charge in [-0.3, -0.25) is 10.4 Å². The first kappa shape index (κ1) is 25.6. The van der Waals surface area contributed by atoms with Crippen LogP contribution in [0.3, 0.4) is 0 Å². The molecule has 0 radical (unpaired) electrons. The van der Waals surface area contributed by atoms with Gasteiger partial charge >= 0.3 is 12.2 Å². The van der Waals surface area contributed by atoms with Gasteiger partial charge in [0, 0.05) is 47.7 Å². The number of carbonyl (C=O) groups is 1. The van der Waals surface area contributed by atoms with Crippen LogP contribution in [0.15, 0.2) is 59.6 Å². The molecule has 6 N–H and O–H groups in total. The summed E-state index contributed by atoms with van der Waals surface area (Å²) in [6.45, 7) is 0.735. The van der Waals surface area contributed by atoms with Crippen molar-refractivity contribution in [2.75, 3.05) is 27.8 Å². The molecule has 200 valence electrons. The molecule has 2 heterocycles. The van der Waals surface area contributed by atoms with Gasteiger partial charge in [-0.05, 0) is 55.3 Å². The second-order valence-electron chi connectivity index (χ2n) is 9.38. The van der Waals surface area contributed by atoms with Gasteiger partial charge in [0.15, 0.2) is 12.1 Å². The number of urea groups is 1. The highest BCUT2D eigenvalue weighted by molar-refractivity contribution is 6.00. The zero-order chi connectivity index (χ0) is 26.5. The van der Waals surface area contributed by atoms with Crippen LogP contribution in [0.4, 0.5) is 40.8 Å². The maximum Gasteiger partial charge on any atom is 0.416 e. The third kappa shape index (κ3) is 6.62. The number of hydrogen-bond acceptors (Lipinski definition) is 6. The van der Waals surface area contributed by atoms with Crippen molar-refractivity contribution < 1.29 is 18.0 Å². The van der Waals surface area contributed by atoms with E-state index in [1.54, 1.807) is 24.3 Å². The van der Waals surface area contributed by atoms with Gasteiger partial charge in [0.2, 0.25) is 0 Å². The first-order valence-electron chi connectivity index (χ1n) is 12.6. The lowest BCUT2D eigenvalue weighted by Crippen LogP contribution is -2.42. The Labute approximate surface area is 217 Å². The number of nitrogens with one attached hydrogen (secondary N) is 6. The molecule has 2 amide bonds. The van der Waals surface area contributed by atoms with E-state index < -0.39 is 17.8 Å². The van der Waals surface area contributed by atoms with E-state index in [4.69, 9.17) is 4.99 Å². The lowest BCUT2D eigenvalue weighted by molar-refractivity contribution is -0.137. The maximum absolute atomic E-state index is 12.9. The minimum atomic E-state index is -4.48. The third-order valence-electron chi connectivity index (χ3n) is 6.54. The quantitative estimate of drug-likeness (QED) is 0.238. The number of amides is 2. The van der Waals surface area contributed by atoms with E-state index in [1.807, 2.05) is 0 Å². The van der Waals surface area contributed by atoms with Crippen LogP contribution in [0.5, 0.6) is 0 Å². The molecule has 38 heavy (non-hydrogen) atoms. The fraction of sp³-hybridized carbons (Fsp3) is 0.346. The largest absolute Gasteiger partial charge is 0.416 e. The third-order valence-corrected chi connectivity index (χ3v) is 6.54. The van der Waals surface area contributed by atoms with Gasteiger partial charge in [0.05, 0.1) is 5.56 Å². The van der Waals surface area contributed by atoms with Crippen LogP contribution in [-0.4, -0.2) is 34.9 Å². The first-order valence-corrected chi connectivity index (χ1v) is 12.6. The lowest BCUT2D eigenvalue weighted by Gasteiger charge is -2.24. The summed E-state index contributed by atoms with van der Waals surface area (Å²) in [6.07, 6.45) is 0.851. The molecule has 5 rings (SSSR count). The minimum Gasteiger partial charge on any atom is -0.351 e. The summed E-state index contributed by atoms with van der Waals surface area (Å²) >= 11 is 0. The number of rotatable bonds is 6. The Bertz CT molecular complexity index is 1280. The molecule has 0 spiro atoms. The Balaban J connectivity index is 1.13. The van der Waals surface area contributed by atoms with Crippen molar-refractivity contribution in [3.8, 4) is 0 Å². The van der Waals surface area contributed by atoms with Crippen LogP contribution in [0.25, 0.3) is 0 Å². The summed E-state index contributed by atoms with van der Waals surface area (Å²) < 4.78 is 38.6. The Hall–Kier alpha value is -4.06. The molecule has 2 aromatic carbocycles. The SMILES string of the molecule is O=C(Nc1ccc(NC2N=C(Nc3cc(C4CCCC4)[nH]n3)CCN2)cc1)Nc1cccc(C(F)(F)F)c1. The molecule has 9 nitrogen and oxygen atoms in total. The molecule has 1 atom stereocenters. The van der Waals surface area contributed by atoms with E-state index in [9.17, 15) is 18.0 Å². The second-order valence-corrected chi connectivity index (χ2v) is 9.38. The van der Waals surface area contributed by atoms with Gasteiger partial charge in [-0.15, -0.1) is 0 Å². The zero-order valence-corrected chi connectivity index (χ0v) is 20.5. The number of carbonyl (C=O) groups excluding carboxylic acids is 1. The maximum atomic E-state index is 12.9. The number of aliphatic imine (C=N–C) groups is 1. The number of H-pyrrole nitrogens is 1. The summed E-state index contributed by atoms with van der Waals surface area (Å²) in [4.78, 5) is 16.9. The second kappa shape index (κ2) is 11.1. The fourth-order valence-corrected chi connectivity index (χ4v) is 4.64. The standard InChI is InChI=1S/C26H29F3N8O/c27-26(28,29)17-6-3-7-20(14-17)33-25(38)32-19-10-8-18(9-11-19)31-24-30-13-12-22(35-24)34-23-15-21(36-37-23)16-4-1-2-5-16/h3,6-11,14-16,24,30-31H,1-2,4-5,12-13H2,(H2,32,33,38)(H2,34,35,36,37). The average Bonchev–Trinajstić information content (AvgIpc) is 3.58. The minimum absolute atomic E-state index is 0.0471. The van der Waals surface area contributed by atoms with Gasteiger partial charge in [-0.2, -0.15) is 18.3 Å². The molecule has 1 unspecified atom stereocenters. The topological polar surface area (TPSA) is 118 Å². The van der Waals surface area contributed by atoms with Gasteiger partial charge in [0.1, 0.15) is 5.84 Å². The number of hydrogen-bond donors (Lipinski definition) is 6. The summed E-state index contributed by atoms with van der Waals surface area (Å²) in [6, 6.07) is 12.8. The summed E-state index contributed by atoms with van der Waals surface area (Å²) in [5.74, 6) is 2.16. The number of halogens is 3. The Morgan fingerprint density at radius 2 is 1.68 bits per heavy atom. The van der Waals surface area contributed by atoms with Crippen LogP contribution in [-0.2, 0) is 6.18 Å². The monoisotopic (exact) mass is 526 g/mol. The highest BCUT2D eigenvalue weighted by atomic mass is 19.4. The van der Waals surface area contributed by atoms with Crippen LogP contribution < -0.4 is 26.6 Å². The summed E-state index contributed by atoms with van der Waals surface area (Å²) in [5.41, 5.74) is 1.65. The number of alkyl halides is 3. The van der Waals surface area contributed by atoms with E-state index in [1.165, 1.54) is 43.5 Å². The van der Waals surface area contributed by atoms with Crippen LogP contribution >= 0.6 is 0 Å². The normalized spacial score (nSPS) is 18.1. The van der Waals surface area contributed by atoms with Gasteiger partial charge in [0.25, 0.3) is 0 Å². The fourth-order valence-electron chi connectivity index (χ4n) is 4.64. The summed E-state index contributed by atoms with van der Waals surface area (Å²) in [7, 11) is 0. The highest BCUT2D eigenvalue weighted by Crippen LogP contribution is 2.34. The molecule has 1 fully saturated rings. The van der Waals surface area contributed by atoms with E-state index in [2.05, 4.69) is 42.8 Å². The number of amidine groups is 1. The number of anilines is 4. The van der Waals surface area contributed by atoms with E-state index in [0.717, 1.165) is 42.4 Å². The van der Waals surface area contributed by atoms with Crippen molar-refractivity contribution in [1.29, 1.82) is 0 Å². The Kier molecular flexibility index (Phi) is 7.50. The van der Waals surface area contributed by atoms with Crippen molar-refractivity contribution in [3.05, 3.63) is 65.9 Å². The van der Waals surface area contributed by atoms with Crippen LogP contribution in [0.1, 0.15) is 49.3 Å². The van der Waals surface area contributed by atoms with Gasteiger partial charge < -0.3 is 21.3 Å². The highest BCUT2D eigenvalue weighted by Gasteiger charge is 2.30. The molecular formula is C26H29F3N8O. The zero-order valence-electron chi connectivity index (χ0n) is 20.5. The number of nitrogens with zero attached hydrogens (tertiary/aromatic N) is 2. The van der Waals surface area contributed by atoms with Crippen molar-refractivity contribution in [2.24, 2.45) is 4.99 Å². The smallest absolute Gasteiger partial charge is 0.351 e. The number of aromatic nitrogens is 2. The molecule has 1 aliphatic heterocycles. The van der Waals surface area contributed by atoms with Crippen molar-refractivity contribution in [2.45, 2.75) is 50.5 Å². The molecule has 3 aromatic rings. The van der Waals surface area contributed by atoms with Crippen LogP contribution in [0.2, 0.25) is 0 Å². The predicted molar refractivity (Wildman–Crippen MR) is 141 cm³/mol. The molecule has 1 aromatic heterocycles. The molecule has 12 heteroatoms. The number of benzene rings is 2. The Morgan fingerprint density at radius 1 is 0.947 bits per heavy atom. The van der Waals surface area contributed by atoms with Crippen molar-refractivity contribution >= 4 is 34.7 Å². The van der Waals surface area contributed by atoms with Gasteiger partial charge in [-0.25, -0.2) is 9.79 Å². The number of aromatic amines is 1. The Morgan fingerprint density at radius 3 is 2.45 bits per heavy atom. The van der Waals surface area contributed by atoms with E-state index in [-0.39, 0.29) is 12.0 Å². The van der Waals surface area contributed by atoms with E-state index in [0.29, 0.717) is 11.6 Å². The molecule has 2 aliphatic rings. The van der Waals surface area contributed by atoms with Gasteiger partial charge in [-0.1, -0.05) is 18.9 Å². The molecular weight excluding hydrogens is 497 g/mol. The molecule has 0 bridgehead atoms. The molecule has 1 saturated carbocycles. The predicted octanol–water partition coefficient (Wildman–Crippen LogP) is 5.93. The van der Waals surface area contributed by atoms with Crippen molar-refractivity contribution in [3.63, 3.8) is 0 Å². The summed E-state index contributed by atoms with van der Waals surface area (Å²) in [5, 5.41) is 22.5. The average molecular weight is 527 g/mol. The molecule has 0 saturated heterocycles. The first-order chi connectivity index (χ1) is 18.3. The molecule has 1 aliphatic carbocycles. The van der Waals surface area contributed by atoms with Crippen molar-refractivity contribution in [1.82, 2.24) is 15.5 Å². The van der Waals surface area contributed by atoms with Crippen LogP contribution in [0, 0.1) is 0 Å². The lowest BCUT2D eigenvalue weighted by atomic mass is 10.0.